The van der Waals surface area contributed by atoms with Gasteiger partial charge in [0.05, 0.1) is 25.0 Å². The van der Waals surface area contributed by atoms with E-state index in [2.05, 4.69) is 0 Å². The van der Waals surface area contributed by atoms with E-state index in [1.165, 1.54) is 13.8 Å². The smallest absolute Gasteiger partial charge is 0.303 e. The van der Waals surface area contributed by atoms with E-state index in [0.29, 0.717) is 26.4 Å². The molecule has 0 rings (SSSR count). The molecule has 0 fully saturated rings. The number of halogens is 2. The third kappa shape index (κ3) is 14.7. The maximum absolute atomic E-state index is 10.8. The van der Waals surface area contributed by atoms with Crippen molar-refractivity contribution in [3.8, 4) is 0 Å². The van der Waals surface area contributed by atoms with Crippen LogP contribution in [0.5, 0.6) is 0 Å². The van der Waals surface area contributed by atoms with Crippen molar-refractivity contribution in [1.82, 2.24) is 0 Å². The molecule has 136 valence electrons. The molecule has 0 saturated heterocycles. The van der Waals surface area contributed by atoms with Gasteiger partial charge in [0.15, 0.2) is 0 Å². The third-order valence-electron chi connectivity index (χ3n) is 2.69. The largest absolute Gasteiger partial charge is 0.459 e. The summed E-state index contributed by atoms with van der Waals surface area (Å²) in [6.07, 6.45) is 1.90. The molecule has 2 atom stereocenters. The molecule has 0 aromatic carbocycles. The summed E-state index contributed by atoms with van der Waals surface area (Å²) in [6, 6.07) is 0. The number of hydrogen-bond acceptors (Lipinski definition) is 6. The van der Waals surface area contributed by atoms with Crippen LogP contribution in [0.2, 0.25) is 0 Å². The van der Waals surface area contributed by atoms with Crippen LogP contribution in [0.3, 0.4) is 0 Å². The van der Waals surface area contributed by atoms with Gasteiger partial charge in [-0.2, -0.15) is 0 Å². The van der Waals surface area contributed by atoms with Crippen LogP contribution in [0, 0.1) is 0 Å². The Kier molecular flexibility index (Phi) is 14.6. The summed E-state index contributed by atoms with van der Waals surface area (Å²) in [6.45, 7) is 4.45. The summed E-state index contributed by atoms with van der Waals surface area (Å²) >= 11 is 11.3. The van der Waals surface area contributed by atoms with Gasteiger partial charge in [-0.3, -0.25) is 9.59 Å². The van der Waals surface area contributed by atoms with Crippen molar-refractivity contribution in [2.45, 2.75) is 45.3 Å². The summed E-state index contributed by atoms with van der Waals surface area (Å²) < 4.78 is 20.7. The minimum absolute atomic E-state index is 0.220. The van der Waals surface area contributed by atoms with Crippen LogP contribution in [-0.4, -0.2) is 62.3 Å². The van der Waals surface area contributed by atoms with Crippen molar-refractivity contribution < 1.29 is 28.5 Å². The van der Waals surface area contributed by atoms with Gasteiger partial charge in [-0.1, -0.05) is 0 Å². The van der Waals surface area contributed by atoms with Crippen molar-refractivity contribution in [2.75, 3.05) is 38.2 Å². The molecule has 0 N–H and O–H groups in total. The average Bonchev–Trinajstić information content (AvgIpc) is 2.49. The molecule has 2 unspecified atom stereocenters. The normalized spacial score (nSPS) is 13.4. The molecule has 23 heavy (non-hydrogen) atoms. The van der Waals surface area contributed by atoms with E-state index in [1.54, 1.807) is 0 Å². The van der Waals surface area contributed by atoms with Crippen LogP contribution in [0.1, 0.15) is 33.1 Å². The van der Waals surface area contributed by atoms with Crippen LogP contribution < -0.4 is 0 Å². The minimum Gasteiger partial charge on any atom is -0.459 e. The Morgan fingerprint density at radius 3 is 1.48 bits per heavy atom. The molecule has 0 aromatic heterocycles. The van der Waals surface area contributed by atoms with E-state index in [-0.39, 0.29) is 23.7 Å². The van der Waals surface area contributed by atoms with Crippen molar-refractivity contribution >= 4 is 35.1 Å². The highest BCUT2D eigenvalue weighted by Crippen LogP contribution is 2.02. The lowest BCUT2D eigenvalue weighted by molar-refractivity contribution is -0.148. The van der Waals surface area contributed by atoms with E-state index >= 15 is 0 Å². The maximum Gasteiger partial charge on any atom is 0.303 e. The first-order valence-corrected chi connectivity index (χ1v) is 8.68. The van der Waals surface area contributed by atoms with E-state index < -0.39 is 12.2 Å². The molecule has 0 bridgehead atoms. The number of carbonyl (C=O) groups excluding carboxylic acids is 2. The number of hydrogen-bond donors (Lipinski definition) is 0. The monoisotopic (exact) mass is 372 g/mol. The van der Waals surface area contributed by atoms with Gasteiger partial charge in [0, 0.05) is 27.1 Å². The molecular formula is C15H26Cl2O6. The number of esters is 2. The maximum atomic E-state index is 10.8. The van der Waals surface area contributed by atoms with Gasteiger partial charge >= 0.3 is 11.9 Å². The molecule has 0 heterocycles. The van der Waals surface area contributed by atoms with Gasteiger partial charge in [0.1, 0.15) is 12.2 Å². The Balaban J connectivity index is 3.45. The van der Waals surface area contributed by atoms with Crippen LogP contribution in [-0.2, 0) is 28.5 Å². The molecule has 0 spiro atoms. The third-order valence-corrected chi connectivity index (χ3v) is 3.38. The Bertz CT molecular complexity index is 297. The van der Waals surface area contributed by atoms with E-state index in [0.717, 1.165) is 19.3 Å². The molecular weight excluding hydrogens is 347 g/mol. The fraction of sp³-hybridized carbons (Fsp3) is 0.867. The fourth-order valence-corrected chi connectivity index (χ4v) is 2.01. The zero-order valence-corrected chi connectivity index (χ0v) is 15.2. The Labute approximate surface area is 147 Å². The lowest BCUT2D eigenvalue weighted by atomic mass is 10.2. The second kappa shape index (κ2) is 15.0. The number of unbranched alkanes of at least 4 members (excludes halogenated alkanes) is 2. The van der Waals surface area contributed by atoms with Gasteiger partial charge < -0.3 is 18.9 Å². The number of ether oxygens (including phenoxy) is 4. The van der Waals surface area contributed by atoms with Crippen molar-refractivity contribution in [3.05, 3.63) is 0 Å². The highest BCUT2D eigenvalue weighted by Gasteiger charge is 2.11. The van der Waals surface area contributed by atoms with E-state index in [1.807, 2.05) is 0 Å². The van der Waals surface area contributed by atoms with Gasteiger partial charge in [0.2, 0.25) is 0 Å². The molecule has 0 amide bonds. The summed E-state index contributed by atoms with van der Waals surface area (Å²) in [4.78, 5) is 21.6. The second-order valence-electron chi connectivity index (χ2n) is 4.98. The summed E-state index contributed by atoms with van der Waals surface area (Å²) in [5.74, 6) is -0.282. The van der Waals surface area contributed by atoms with Crippen LogP contribution >= 0.6 is 23.2 Å². The predicted octanol–water partition coefficient (Wildman–Crippen LogP) is 2.53. The molecule has 0 aromatic rings. The Morgan fingerprint density at radius 2 is 1.17 bits per heavy atom. The Hall–Kier alpha value is -0.560. The van der Waals surface area contributed by atoms with Crippen molar-refractivity contribution in [3.63, 3.8) is 0 Å². The first kappa shape index (κ1) is 22.4. The second-order valence-corrected chi connectivity index (χ2v) is 5.60. The van der Waals surface area contributed by atoms with E-state index in [4.69, 9.17) is 42.1 Å². The SMILES string of the molecule is CC(=O)OC(CCl)COCCCCCOCC(CCl)OC(C)=O. The Morgan fingerprint density at radius 1 is 0.783 bits per heavy atom. The standard InChI is InChI=1S/C15H26Cl2O6/c1-12(18)22-14(8-16)10-20-6-4-3-5-7-21-11-15(9-17)23-13(2)19/h14-15H,3-11H2,1-2H3. The number of rotatable bonds is 14. The summed E-state index contributed by atoms with van der Waals surface area (Å²) in [5, 5.41) is 0. The highest BCUT2D eigenvalue weighted by atomic mass is 35.5. The molecule has 0 saturated carbocycles. The van der Waals surface area contributed by atoms with E-state index in [9.17, 15) is 9.59 Å². The molecule has 0 aliphatic heterocycles. The topological polar surface area (TPSA) is 71.1 Å². The first-order chi connectivity index (χ1) is 11.0. The van der Waals surface area contributed by atoms with Crippen molar-refractivity contribution in [1.29, 1.82) is 0 Å². The fourth-order valence-electron chi connectivity index (χ4n) is 1.70. The van der Waals surface area contributed by atoms with Gasteiger partial charge in [0.25, 0.3) is 0 Å². The lowest BCUT2D eigenvalue weighted by Gasteiger charge is -2.15. The predicted molar refractivity (Wildman–Crippen MR) is 88.0 cm³/mol. The number of carbonyl (C=O) groups is 2. The van der Waals surface area contributed by atoms with Crippen LogP contribution in [0.25, 0.3) is 0 Å². The first-order valence-electron chi connectivity index (χ1n) is 7.61. The van der Waals surface area contributed by atoms with Gasteiger partial charge in [-0.15, -0.1) is 23.2 Å². The highest BCUT2D eigenvalue weighted by molar-refractivity contribution is 6.18. The average molecular weight is 373 g/mol. The molecule has 0 aliphatic rings. The quantitative estimate of drug-likeness (QED) is 0.265. The zero-order chi connectivity index (χ0) is 17.5. The van der Waals surface area contributed by atoms with Crippen LogP contribution in [0.4, 0.5) is 0 Å². The zero-order valence-electron chi connectivity index (χ0n) is 13.7. The lowest BCUT2D eigenvalue weighted by Crippen LogP contribution is -2.24. The number of alkyl halides is 2. The molecule has 6 nitrogen and oxygen atoms in total. The summed E-state index contributed by atoms with van der Waals surface area (Å²) in [7, 11) is 0. The minimum atomic E-state index is -0.397. The van der Waals surface area contributed by atoms with Crippen LogP contribution in [0.15, 0.2) is 0 Å². The van der Waals surface area contributed by atoms with Gasteiger partial charge in [-0.05, 0) is 19.3 Å². The molecule has 0 aliphatic carbocycles. The van der Waals surface area contributed by atoms with Gasteiger partial charge in [-0.25, -0.2) is 0 Å². The van der Waals surface area contributed by atoms with Crippen molar-refractivity contribution in [2.24, 2.45) is 0 Å². The summed E-state index contributed by atoms with van der Waals surface area (Å²) in [5.41, 5.74) is 0. The molecule has 8 heteroatoms. The molecule has 0 radical (unpaired) electrons.